The van der Waals surface area contributed by atoms with Crippen LogP contribution in [0.5, 0.6) is 5.88 Å². The zero-order valence-corrected chi connectivity index (χ0v) is 18.9. The van der Waals surface area contributed by atoms with Crippen molar-refractivity contribution in [3.8, 4) is 11.6 Å². The molecule has 0 N–H and O–H groups in total. The summed E-state index contributed by atoms with van der Waals surface area (Å²) in [5.41, 5.74) is 1.90. The van der Waals surface area contributed by atoms with Crippen molar-refractivity contribution in [2.75, 3.05) is 20.2 Å². The average molecular weight is 447 g/mol. The van der Waals surface area contributed by atoms with E-state index in [-0.39, 0.29) is 17.5 Å². The molecule has 0 aliphatic carbocycles. The highest BCUT2D eigenvalue weighted by Crippen LogP contribution is 2.29. The van der Waals surface area contributed by atoms with E-state index in [4.69, 9.17) is 4.74 Å². The van der Waals surface area contributed by atoms with E-state index >= 15 is 0 Å². The molecule has 33 heavy (non-hydrogen) atoms. The maximum atomic E-state index is 13.4. The molecular weight excluding hydrogens is 420 g/mol. The van der Waals surface area contributed by atoms with Crippen molar-refractivity contribution in [1.29, 1.82) is 0 Å². The number of hydrogen-bond donors (Lipinski definition) is 0. The molecule has 0 radical (unpaired) electrons. The SMILES string of the molecule is COc1c2ccc(C(=O)N3CCCC(c4nn(C)c(=O)n4-c4ccccc4)C3)cc2nn1C. The number of aromatic nitrogens is 5. The minimum atomic E-state index is -0.186. The first-order valence-electron chi connectivity index (χ1n) is 11.0. The largest absolute Gasteiger partial charge is 0.481 e. The standard InChI is InChI=1S/C24H26N6O3/c1-27-23(33-3)19-12-11-16(14-20(19)25-27)22(31)29-13-7-8-17(15-29)21-26-28(2)24(32)30(21)18-9-5-4-6-10-18/h4-6,9-12,14,17H,7-8,13,15H2,1-3H3. The fraction of sp³-hybridized carbons (Fsp3) is 0.333. The number of ether oxygens (including phenoxy) is 1. The van der Waals surface area contributed by atoms with Crippen LogP contribution in [0, 0.1) is 0 Å². The molecule has 1 saturated heterocycles. The summed E-state index contributed by atoms with van der Waals surface area (Å²) in [6, 6.07) is 15.0. The van der Waals surface area contributed by atoms with Gasteiger partial charge in [0, 0.05) is 38.7 Å². The number of methoxy groups -OCH3 is 1. The molecule has 0 saturated carbocycles. The molecule has 5 rings (SSSR count). The Hall–Kier alpha value is -3.88. The van der Waals surface area contributed by atoms with E-state index in [2.05, 4.69) is 10.2 Å². The Balaban J connectivity index is 1.44. The number of nitrogens with zero attached hydrogens (tertiary/aromatic N) is 6. The van der Waals surface area contributed by atoms with E-state index in [1.165, 1.54) is 4.68 Å². The Labute approximate surface area is 190 Å². The second-order valence-electron chi connectivity index (χ2n) is 8.39. The molecule has 1 atom stereocenters. The molecule has 1 fully saturated rings. The second-order valence-corrected chi connectivity index (χ2v) is 8.39. The monoisotopic (exact) mass is 446 g/mol. The van der Waals surface area contributed by atoms with E-state index in [1.807, 2.05) is 60.5 Å². The molecule has 1 aliphatic rings. The van der Waals surface area contributed by atoms with E-state index in [1.54, 1.807) is 23.4 Å². The van der Waals surface area contributed by atoms with Crippen molar-refractivity contribution in [3.63, 3.8) is 0 Å². The van der Waals surface area contributed by atoms with Crippen LogP contribution in [-0.4, -0.2) is 55.1 Å². The maximum absolute atomic E-state index is 13.4. The molecule has 0 spiro atoms. The van der Waals surface area contributed by atoms with Gasteiger partial charge >= 0.3 is 5.69 Å². The van der Waals surface area contributed by atoms with E-state index in [0.29, 0.717) is 30.4 Å². The third kappa shape index (κ3) is 3.59. The highest BCUT2D eigenvalue weighted by molar-refractivity contribution is 5.98. The summed E-state index contributed by atoms with van der Waals surface area (Å²) >= 11 is 0. The van der Waals surface area contributed by atoms with Crippen molar-refractivity contribution in [2.24, 2.45) is 14.1 Å². The summed E-state index contributed by atoms with van der Waals surface area (Å²) in [7, 11) is 5.08. The Morgan fingerprint density at radius 3 is 2.61 bits per heavy atom. The number of aryl methyl sites for hydroxylation is 2. The smallest absolute Gasteiger partial charge is 0.350 e. The van der Waals surface area contributed by atoms with Gasteiger partial charge in [-0.2, -0.15) is 10.2 Å². The minimum Gasteiger partial charge on any atom is -0.481 e. The fourth-order valence-corrected chi connectivity index (χ4v) is 4.67. The van der Waals surface area contributed by atoms with Crippen molar-refractivity contribution in [2.45, 2.75) is 18.8 Å². The highest BCUT2D eigenvalue weighted by atomic mass is 16.5. The molecule has 0 bridgehead atoms. The highest BCUT2D eigenvalue weighted by Gasteiger charge is 2.30. The van der Waals surface area contributed by atoms with Crippen LogP contribution >= 0.6 is 0 Å². The number of hydrogen-bond acceptors (Lipinski definition) is 5. The number of para-hydroxylation sites is 1. The van der Waals surface area contributed by atoms with Crippen LogP contribution in [0.15, 0.2) is 53.3 Å². The van der Waals surface area contributed by atoms with Gasteiger partial charge in [-0.3, -0.25) is 4.79 Å². The van der Waals surface area contributed by atoms with Crippen LogP contribution in [0.1, 0.15) is 34.9 Å². The number of benzene rings is 2. The number of carbonyl (C=O) groups excluding carboxylic acids is 1. The van der Waals surface area contributed by atoms with E-state index < -0.39 is 0 Å². The van der Waals surface area contributed by atoms with Gasteiger partial charge in [-0.15, -0.1) is 0 Å². The van der Waals surface area contributed by atoms with Crippen LogP contribution < -0.4 is 10.4 Å². The Bertz CT molecular complexity index is 1380. The van der Waals surface area contributed by atoms with Crippen molar-refractivity contribution < 1.29 is 9.53 Å². The van der Waals surface area contributed by atoms with Crippen LogP contribution in [0.3, 0.4) is 0 Å². The number of likely N-dealkylation sites (tertiary alicyclic amines) is 1. The minimum absolute atomic E-state index is 0.0320. The number of amides is 1. The predicted molar refractivity (Wildman–Crippen MR) is 124 cm³/mol. The van der Waals surface area contributed by atoms with Crippen LogP contribution in [-0.2, 0) is 14.1 Å². The molecule has 9 nitrogen and oxygen atoms in total. The van der Waals surface area contributed by atoms with Gasteiger partial charge < -0.3 is 9.64 Å². The molecule has 3 heterocycles. The van der Waals surface area contributed by atoms with Crippen LogP contribution in [0.2, 0.25) is 0 Å². The first-order chi connectivity index (χ1) is 16.0. The number of carbonyl (C=O) groups is 1. The molecule has 170 valence electrons. The first kappa shape index (κ1) is 21.0. The molecule has 2 aromatic carbocycles. The van der Waals surface area contributed by atoms with E-state index in [9.17, 15) is 9.59 Å². The van der Waals surface area contributed by atoms with Crippen molar-refractivity contribution in [3.05, 3.63) is 70.4 Å². The number of fused-ring (bicyclic) bond motifs is 1. The van der Waals surface area contributed by atoms with Gasteiger partial charge in [-0.25, -0.2) is 18.7 Å². The number of piperidine rings is 1. The first-order valence-corrected chi connectivity index (χ1v) is 11.0. The maximum Gasteiger partial charge on any atom is 0.350 e. The molecule has 2 aromatic heterocycles. The van der Waals surface area contributed by atoms with Gasteiger partial charge in [0.25, 0.3) is 5.91 Å². The summed E-state index contributed by atoms with van der Waals surface area (Å²) in [6.07, 6.45) is 1.71. The average Bonchev–Trinajstić information content (AvgIpc) is 3.33. The van der Waals surface area contributed by atoms with Gasteiger partial charge in [0.05, 0.1) is 23.7 Å². The lowest BCUT2D eigenvalue weighted by Gasteiger charge is -2.32. The van der Waals surface area contributed by atoms with Crippen LogP contribution in [0.25, 0.3) is 16.6 Å². The van der Waals surface area contributed by atoms with Gasteiger partial charge in [0.15, 0.2) is 0 Å². The van der Waals surface area contributed by atoms with Gasteiger partial charge in [0.2, 0.25) is 5.88 Å². The molecular formula is C24H26N6O3. The molecule has 4 aromatic rings. The summed E-state index contributed by atoms with van der Waals surface area (Å²) in [6.45, 7) is 1.17. The predicted octanol–water partition coefficient (Wildman–Crippen LogP) is 2.49. The van der Waals surface area contributed by atoms with Gasteiger partial charge in [-0.1, -0.05) is 18.2 Å². The molecule has 9 heteroatoms. The normalized spacial score (nSPS) is 16.3. The Morgan fingerprint density at radius 1 is 1.06 bits per heavy atom. The molecule has 1 unspecified atom stereocenters. The molecule has 1 amide bonds. The lowest BCUT2D eigenvalue weighted by Crippen LogP contribution is -2.40. The summed E-state index contributed by atoms with van der Waals surface area (Å²) in [5.74, 6) is 1.28. The van der Waals surface area contributed by atoms with Crippen molar-refractivity contribution >= 4 is 16.8 Å². The Morgan fingerprint density at radius 2 is 1.85 bits per heavy atom. The summed E-state index contributed by atoms with van der Waals surface area (Å²) < 4.78 is 10.1. The fourth-order valence-electron chi connectivity index (χ4n) is 4.67. The molecule has 1 aliphatic heterocycles. The Kier molecular flexibility index (Phi) is 5.24. The van der Waals surface area contributed by atoms with E-state index in [0.717, 1.165) is 29.4 Å². The lowest BCUT2D eigenvalue weighted by atomic mass is 9.96. The zero-order valence-electron chi connectivity index (χ0n) is 18.9. The summed E-state index contributed by atoms with van der Waals surface area (Å²) in [4.78, 5) is 28.0. The third-order valence-corrected chi connectivity index (χ3v) is 6.26. The van der Waals surface area contributed by atoms with Gasteiger partial charge in [-0.05, 0) is 43.2 Å². The van der Waals surface area contributed by atoms with Crippen LogP contribution in [0.4, 0.5) is 0 Å². The van der Waals surface area contributed by atoms with Gasteiger partial charge in [0.1, 0.15) is 5.82 Å². The zero-order chi connectivity index (χ0) is 23.1. The quantitative estimate of drug-likeness (QED) is 0.481. The second kappa shape index (κ2) is 8.23. The van der Waals surface area contributed by atoms with Crippen molar-refractivity contribution in [1.82, 2.24) is 29.0 Å². The third-order valence-electron chi connectivity index (χ3n) is 6.26. The topological polar surface area (TPSA) is 87.2 Å². The summed E-state index contributed by atoms with van der Waals surface area (Å²) in [5, 5.41) is 9.87. The number of rotatable bonds is 4. The lowest BCUT2D eigenvalue weighted by molar-refractivity contribution is 0.0704.